The molecule has 0 radical (unpaired) electrons. The van der Waals surface area contributed by atoms with Crippen molar-refractivity contribution >= 4 is 23.2 Å². The Hall–Kier alpha value is -2.98. The average molecular weight is 382 g/mol. The lowest BCUT2D eigenvalue weighted by molar-refractivity contribution is 0.0992. The lowest BCUT2D eigenvalue weighted by Crippen LogP contribution is -2.11. The first-order valence-corrected chi connectivity index (χ1v) is 8.92. The summed E-state index contributed by atoms with van der Waals surface area (Å²) in [6.07, 6.45) is 2.55. The molecular weight excluding hydrogens is 362 g/mol. The Morgan fingerprint density at radius 2 is 2.04 bits per heavy atom. The van der Waals surface area contributed by atoms with Crippen molar-refractivity contribution in [2.75, 3.05) is 5.32 Å². The molecule has 1 amide bonds. The Morgan fingerprint density at radius 3 is 2.85 bits per heavy atom. The van der Waals surface area contributed by atoms with Crippen LogP contribution in [0.5, 0.6) is 5.75 Å². The van der Waals surface area contributed by atoms with Crippen molar-refractivity contribution in [1.82, 2.24) is 0 Å². The minimum atomic E-state index is -0.335. The number of allylic oxidation sites excluding steroid dienone is 1. The van der Waals surface area contributed by atoms with Gasteiger partial charge in [-0.05, 0) is 54.8 Å². The molecule has 0 spiro atoms. The zero-order valence-electron chi connectivity index (χ0n) is 15.0. The minimum Gasteiger partial charge on any atom is -0.485 e. The van der Waals surface area contributed by atoms with Crippen molar-refractivity contribution < 1.29 is 13.9 Å². The third-order valence-electron chi connectivity index (χ3n) is 4.04. The van der Waals surface area contributed by atoms with Crippen molar-refractivity contribution in [3.63, 3.8) is 0 Å². The van der Waals surface area contributed by atoms with Crippen molar-refractivity contribution in [3.8, 4) is 5.75 Å². The molecular formula is C22H20ClNO3. The van der Waals surface area contributed by atoms with Gasteiger partial charge in [0.25, 0.3) is 5.91 Å². The fourth-order valence-corrected chi connectivity index (χ4v) is 2.78. The molecule has 1 aromatic heterocycles. The highest BCUT2D eigenvalue weighted by Gasteiger charge is 2.13. The number of hydrogen-bond acceptors (Lipinski definition) is 3. The molecule has 0 aliphatic rings. The highest BCUT2D eigenvalue weighted by atomic mass is 35.5. The smallest absolute Gasteiger partial charge is 0.291 e. The molecule has 1 N–H and O–H groups in total. The summed E-state index contributed by atoms with van der Waals surface area (Å²) in [5, 5.41) is 3.37. The summed E-state index contributed by atoms with van der Waals surface area (Å²) in [5.41, 5.74) is 2.62. The molecule has 138 valence electrons. The molecule has 2 aromatic carbocycles. The predicted molar refractivity (Wildman–Crippen MR) is 108 cm³/mol. The van der Waals surface area contributed by atoms with Gasteiger partial charge in [-0.2, -0.15) is 0 Å². The molecule has 4 nitrogen and oxygen atoms in total. The van der Waals surface area contributed by atoms with E-state index >= 15 is 0 Å². The van der Waals surface area contributed by atoms with E-state index in [1.54, 1.807) is 24.3 Å². The SMILES string of the molecule is C=CCc1ccccc1OCc1ccc(C(=O)Nc2cc(Cl)ccc2C)o1. The molecule has 0 aliphatic heterocycles. The van der Waals surface area contributed by atoms with Gasteiger partial charge < -0.3 is 14.5 Å². The van der Waals surface area contributed by atoms with Crippen molar-refractivity contribution in [2.45, 2.75) is 20.0 Å². The van der Waals surface area contributed by atoms with Crippen LogP contribution in [0, 0.1) is 6.92 Å². The van der Waals surface area contributed by atoms with Gasteiger partial charge in [-0.15, -0.1) is 6.58 Å². The predicted octanol–water partition coefficient (Wildman–Crippen LogP) is 5.80. The number of aryl methyl sites for hydroxylation is 1. The van der Waals surface area contributed by atoms with Gasteiger partial charge in [0.2, 0.25) is 0 Å². The van der Waals surface area contributed by atoms with Crippen molar-refractivity contribution in [1.29, 1.82) is 0 Å². The number of nitrogens with one attached hydrogen (secondary N) is 1. The van der Waals surface area contributed by atoms with Crippen LogP contribution >= 0.6 is 11.6 Å². The minimum absolute atomic E-state index is 0.215. The topological polar surface area (TPSA) is 51.5 Å². The molecule has 3 rings (SSSR count). The molecule has 5 heteroatoms. The number of anilines is 1. The van der Waals surface area contributed by atoms with Gasteiger partial charge in [0.05, 0.1) is 0 Å². The largest absolute Gasteiger partial charge is 0.485 e. The maximum atomic E-state index is 12.4. The summed E-state index contributed by atoms with van der Waals surface area (Å²) in [7, 11) is 0. The quantitative estimate of drug-likeness (QED) is 0.526. The maximum absolute atomic E-state index is 12.4. The normalized spacial score (nSPS) is 10.4. The first kappa shape index (κ1) is 18.8. The Morgan fingerprint density at radius 1 is 1.22 bits per heavy atom. The van der Waals surface area contributed by atoms with Gasteiger partial charge >= 0.3 is 0 Å². The summed E-state index contributed by atoms with van der Waals surface area (Å²) in [4.78, 5) is 12.4. The van der Waals surface area contributed by atoms with E-state index in [0.717, 1.165) is 23.3 Å². The van der Waals surface area contributed by atoms with Gasteiger partial charge in [-0.25, -0.2) is 0 Å². The van der Waals surface area contributed by atoms with E-state index in [1.165, 1.54) is 0 Å². The Labute approximate surface area is 163 Å². The zero-order chi connectivity index (χ0) is 19.2. The van der Waals surface area contributed by atoms with Crippen LogP contribution in [0.4, 0.5) is 5.69 Å². The number of rotatable bonds is 7. The third kappa shape index (κ3) is 4.80. The van der Waals surface area contributed by atoms with E-state index in [9.17, 15) is 4.79 Å². The van der Waals surface area contributed by atoms with E-state index in [0.29, 0.717) is 16.5 Å². The maximum Gasteiger partial charge on any atom is 0.291 e. The van der Waals surface area contributed by atoms with Crippen molar-refractivity contribution in [2.24, 2.45) is 0 Å². The average Bonchev–Trinajstić information content (AvgIpc) is 3.13. The van der Waals surface area contributed by atoms with Crippen LogP contribution in [-0.2, 0) is 13.0 Å². The summed E-state index contributed by atoms with van der Waals surface area (Å²) < 4.78 is 11.5. The monoisotopic (exact) mass is 381 g/mol. The molecule has 0 saturated heterocycles. The van der Waals surface area contributed by atoms with E-state index < -0.39 is 0 Å². The summed E-state index contributed by atoms with van der Waals surface area (Å²) in [5.74, 6) is 1.22. The van der Waals surface area contributed by atoms with Gasteiger partial charge in [0, 0.05) is 10.7 Å². The third-order valence-corrected chi connectivity index (χ3v) is 4.28. The highest BCUT2D eigenvalue weighted by Crippen LogP contribution is 2.23. The fourth-order valence-electron chi connectivity index (χ4n) is 2.61. The number of halogens is 1. The van der Waals surface area contributed by atoms with E-state index in [2.05, 4.69) is 11.9 Å². The summed E-state index contributed by atoms with van der Waals surface area (Å²) in [6.45, 7) is 5.89. The number of benzene rings is 2. The number of para-hydroxylation sites is 1. The van der Waals surface area contributed by atoms with Crippen LogP contribution < -0.4 is 10.1 Å². The number of furan rings is 1. The molecule has 0 fully saturated rings. The Bertz CT molecular complexity index is 962. The van der Waals surface area contributed by atoms with Crippen molar-refractivity contribution in [3.05, 3.63) is 94.9 Å². The van der Waals surface area contributed by atoms with Crippen LogP contribution in [-0.4, -0.2) is 5.91 Å². The van der Waals surface area contributed by atoms with Crippen LogP contribution in [0.2, 0.25) is 5.02 Å². The molecule has 0 bridgehead atoms. The zero-order valence-corrected chi connectivity index (χ0v) is 15.8. The second-order valence-electron chi connectivity index (χ2n) is 6.07. The standard InChI is InChI=1S/C22H20ClNO3/c1-3-6-16-7-4-5-8-20(16)26-14-18-11-12-21(27-18)22(25)24-19-13-17(23)10-9-15(19)2/h3-5,7-13H,1,6,14H2,2H3,(H,24,25). The fraction of sp³-hybridized carbons (Fsp3) is 0.136. The number of carbonyl (C=O) groups is 1. The molecule has 0 saturated carbocycles. The second kappa shape index (κ2) is 8.60. The molecule has 3 aromatic rings. The Kier molecular flexibility index (Phi) is 5.99. The highest BCUT2D eigenvalue weighted by molar-refractivity contribution is 6.31. The van der Waals surface area contributed by atoms with Gasteiger partial charge in [-0.1, -0.05) is 41.9 Å². The summed E-state index contributed by atoms with van der Waals surface area (Å²) in [6, 6.07) is 16.5. The van der Waals surface area contributed by atoms with Crippen LogP contribution in [0.1, 0.15) is 27.4 Å². The van der Waals surface area contributed by atoms with Crippen LogP contribution in [0.25, 0.3) is 0 Å². The number of carbonyl (C=O) groups excluding carboxylic acids is 1. The molecule has 0 aliphatic carbocycles. The van der Waals surface area contributed by atoms with Gasteiger partial charge in [0.15, 0.2) is 5.76 Å². The first-order valence-electron chi connectivity index (χ1n) is 8.54. The molecule has 27 heavy (non-hydrogen) atoms. The molecule has 0 atom stereocenters. The summed E-state index contributed by atoms with van der Waals surface area (Å²) >= 11 is 5.99. The molecule has 1 heterocycles. The second-order valence-corrected chi connectivity index (χ2v) is 6.50. The number of amides is 1. The lowest BCUT2D eigenvalue weighted by atomic mass is 10.1. The van der Waals surface area contributed by atoms with Crippen LogP contribution in [0.15, 0.2) is 71.7 Å². The van der Waals surface area contributed by atoms with E-state index in [-0.39, 0.29) is 18.3 Å². The van der Waals surface area contributed by atoms with E-state index in [4.69, 9.17) is 20.8 Å². The van der Waals surface area contributed by atoms with Gasteiger partial charge in [-0.3, -0.25) is 4.79 Å². The van der Waals surface area contributed by atoms with Crippen LogP contribution in [0.3, 0.4) is 0 Å². The van der Waals surface area contributed by atoms with E-state index in [1.807, 2.05) is 43.3 Å². The Balaban J connectivity index is 1.65. The molecule has 0 unspecified atom stereocenters. The lowest BCUT2D eigenvalue weighted by Gasteiger charge is -2.09. The van der Waals surface area contributed by atoms with Gasteiger partial charge in [0.1, 0.15) is 18.1 Å². The number of hydrogen-bond donors (Lipinski definition) is 1. The first-order chi connectivity index (χ1) is 13.1. The number of ether oxygens (including phenoxy) is 1.